The summed E-state index contributed by atoms with van der Waals surface area (Å²) in [6, 6.07) is 65.0. The predicted molar refractivity (Wildman–Crippen MR) is 389 cm³/mol. The van der Waals surface area contributed by atoms with E-state index in [1.807, 2.05) is 48.6 Å². The van der Waals surface area contributed by atoms with E-state index in [1.54, 1.807) is 12.2 Å². The molecule has 5 nitrogen and oxygen atoms in total. The zero-order valence-electron chi connectivity index (χ0n) is 55.4. The minimum absolute atomic E-state index is 0.0125. The Hall–Kier alpha value is -8.84. The lowest BCUT2D eigenvalue weighted by atomic mass is 9.70. The third-order valence-electron chi connectivity index (χ3n) is 20.2. The number of unbranched alkanes of at least 4 members (excludes halogenated alkanes) is 12. The van der Waals surface area contributed by atoms with Crippen LogP contribution in [0.5, 0.6) is 0 Å². The summed E-state index contributed by atoms with van der Waals surface area (Å²) in [4.78, 5) is 3.59. The number of nitriles is 1. The van der Waals surface area contributed by atoms with Gasteiger partial charge in [-0.05, 0) is 191 Å². The standard InChI is InChI=1S/C88H92N2O3/c1-6-10-14-18-50-87(51-19-15-11-7-2)82-56-71(40-46-78(82)80-48-42-73(58-84(80)87)69-36-26-65(61-91)27-37-69)67-32-22-63(23-33-67)30-44-76-54-75(86(60-89)90-5)55-77(93-76)45-31-64-24-34-68(35-25-64)72-41-47-79-81-49-43-74(70-38-28-66(62-92)29-39-70)59-85(81)88(83(79)57-72,52-20-16-12-8-3)53-21-17-13-9-4/h22-49,54-59,91-92H,6-21,50-53,61-62H2,1-4H3/b44-30+,45-31+. The first-order valence-electron chi connectivity index (χ1n) is 34.9. The summed E-state index contributed by atoms with van der Waals surface area (Å²) in [6.07, 6.45) is 35.5. The maximum atomic E-state index is 10.1. The molecule has 11 rings (SSSR count). The molecule has 93 heavy (non-hydrogen) atoms. The van der Waals surface area contributed by atoms with Gasteiger partial charge in [0.2, 0.25) is 0 Å². The number of rotatable bonds is 30. The van der Waals surface area contributed by atoms with Gasteiger partial charge in [0, 0.05) is 10.8 Å². The minimum atomic E-state index is -0.0878. The Kier molecular flexibility index (Phi) is 22.0. The predicted octanol–water partition coefficient (Wildman–Crippen LogP) is 24.0. The highest BCUT2D eigenvalue weighted by Gasteiger charge is 2.44. The molecular weight excluding hydrogens is 1130 g/mol. The van der Waals surface area contributed by atoms with Crippen molar-refractivity contribution in [3.8, 4) is 72.8 Å². The number of aliphatic hydroxyl groups excluding tert-OH is 2. The van der Waals surface area contributed by atoms with Crippen LogP contribution in [0.15, 0.2) is 217 Å². The summed E-state index contributed by atoms with van der Waals surface area (Å²) in [5.41, 5.74) is 25.1. The average Bonchev–Trinajstić information content (AvgIpc) is 1.57. The third-order valence-corrected chi connectivity index (χ3v) is 20.2. The topological polar surface area (TPSA) is 77.8 Å². The molecule has 0 aromatic heterocycles. The number of hydrogen-bond acceptors (Lipinski definition) is 4. The van der Waals surface area contributed by atoms with Gasteiger partial charge in [0.1, 0.15) is 11.5 Å². The van der Waals surface area contributed by atoms with Crippen molar-refractivity contribution in [1.29, 1.82) is 5.26 Å². The molecule has 5 heteroatoms. The second-order valence-electron chi connectivity index (χ2n) is 26.3. The number of benzene rings is 8. The Labute approximate surface area is 555 Å². The Bertz CT molecular complexity index is 3850. The molecular formula is C88H92N2O3. The summed E-state index contributed by atoms with van der Waals surface area (Å²) in [5.74, 6) is 1.08. The van der Waals surface area contributed by atoms with E-state index in [2.05, 4.69) is 184 Å². The van der Waals surface area contributed by atoms with Crippen molar-refractivity contribution in [2.75, 3.05) is 0 Å². The molecule has 0 saturated carbocycles. The van der Waals surface area contributed by atoms with E-state index in [-0.39, 0.29) is 29.7 Å². The van der Waals surface area contributed by atoms with Gasteiger partial charge in [0.25, 0.3) is 5.70 Å². The number of fused-ring (bicyclic) bond motifs is 6. The second-order valence-corrected chi connectivity index (χ2v) is 26.3. The fraction of sp³-hybridized carbons (Fsp3) is 0.318. The molecule has 2 aliphatic carbocycles. The first-order valence-corrected chi connectivity index (χ1v) is 34.9. The number of allylic oxidation sites excluding steroid dienone is 6. The summed E-state index contributed by atoms with van der Waals surface area (Å²) in [5, 5.41) is 29.7. The molecule has 0 amide bonds. The minimum Gasteiger partial charge on any atom is -0.457 e. The summed E-state index contributed by atoms with van der Waals surface area (Å²) in [7, 11) is 0. The van der Waals surface area contributed by atoms with Crippen molar-refractivity contribution in [3.05, 3.63) is 273 Å². The van der Waals surface area contributed by atoms with Crippen molar-refractivity contribution in [3.63, 3.8) is 0 Å². The molecule has 0 fully saturated rings. The van der Waals surface area contributed by atoms with Crippen molar-refractivity contribution >= 4 is 12.2 Å². The Morgan fingerprint density at radius 2 is 0.688 bits per heavy atom. The summed E-state index contributed by atoms with van der Waals surface area (Å²) < 4.78 is 6.50. The fourth-order valence-electron chi connectivity index (χ4n) is 15.0. The van der Waals surface area contributed by atoms with Crippen LogP contribution in [0, 0.1) is 17.9 Å². The number of aliphatic hydroxyl groups is 2. The smallest absolute Gasteiger partial charge is 0.269 e. The van der Waals surface area contributed by atoms with Crippen LogP contribution in [-0.2, 0) is 28.8 Å². The molecule has 472 valence electrons. The lowest BCUT2D eigenvalue weighted by molar-refractivity contribution is 0.281. The van der Waals surface area contributed by atoms with Gasteiger partial charge in [-0.1, -0.05) is 288 Å². The summed E-state index contributed by atoms with van der Waals surface area (Å²) in [6.45, 7) is 17.1. The van der Waals surface area contributed by atoms with Gasteiger partial charge < -0.3 is 14.9 Å². The average molecular weight is 1230 g/mol. The molecule has 0 saturated heterocycles. The van der Waals surface area contributed by atoms with Crippen molar-refractivity contribution in [2.24, 2.45) is 0 Å². The maximum absolute atomic E-state index is 10.1. The van der Waals surface area contributed by atoms with Crippen LogP contribution in [0.2, 0.25) is 0 Å². The largest absolute Gasteiger partial charge is 0.457 e. The molecule has 1 aliphatic heterocycles. The Balaban J connectivity index is 0.825. The van der Waals surface area contributed by atoms with E-state index in [0.717, 1.165) is 59.1 Å². The SMILES string of the molecule is [C-]#[N+]C(C#N)=C1C=C(/C=C/c2ccc(-c3ccc4c(c3)C(CCCCCC)(CCCCCC)c3cc(-c5ccc(CO)cc5)ccc3-4)cc2)OC(/C=C/c2ccc(-c3ccc4c(c3)C(CCCCCC)(CCCCCC)c3cc(-c5ccc(CO)cc5)ccc3-4)cc2)=C1. The summed E-state index contributed by atoms with van der Waals surface area (Å²) >= 11 is 0. The highest BCUT2D eigenvalue weighted by atomic mass is 16.5. The zero-order valence-corrected chi connectivity index (χ0v) is 55.4. The van der Waals surface area contributed by atoms with Crippen LogP contribution in [0.3, 0.4) is 0 Å². The van der Waals surface area contributed by atoms with Crippen LogP contribution in [0.4, 0.5) is 0 Å². The Morgan fingerprint density at radius 1 is 0.398 bits per heavy atom. The quantitative estimate of drug-likeness (QED) is 0.0267. The molecule has 8 aromatic carbocycles. The highest BCUT2D eigenvalue weighted by Crippen LogP contribution is 2.58. The van der Waals surface area contributed by atoms with Gasteiger partial charge in [-0.2, -0.15) is 0 Å². The Morgan fingerprint density at radius 3 is 0.957 bits per heavy atom. The first-order chi connectivity index (χ1) is 45.7. The number of ether oxygens (including phenoxy) is 1. The van der Waals surface area contributed by atoms with E-state index in [0.29, 0.717) is 17.1 Å². The van der Waals surface area contributed by atoms with Gasteiger partial charge >= 0.3 is 0 Å². The molecule has 0 unspecified atom stereocenters. The van der Waals surface area contributed by atoms with Crippen LogP contribution in [-0.4, -0.2) is 10.2 Å². The van der Waals surface area contributed by atoms with E-state index in [4.69, 9.17) is 11.3 Å². The second kappa shape index (κ2) is 31.2. The van der Waals surface area contributed by atoms with Crippen LogP contribution < -0.4 is 0 Å². The molecule has 3 aliphatic rings. The molecule has 1 heterocycles. The van der Waals surface area contributed by atoms with Crippen LogP contribution in [0.25, 0.3) is 83.8 Å². The van der Waals surface area contributed by atoms with Crippen molar-refractivity contribution < 1.29 is 14.9 Å². The lowest BCUT2D eigenvalue weighted by Gasteiger charge is -2.33. The van der Waals surface area contributed by atoms with Crippen LogP contribution >= 0.6 is 0 Å². The van der Waals surface area contributed by atoms with Gasteiger partial charge in [0.15, 0.2) is 0 Å². The van der Waals surface area contributed by atoms with Gasteiger partial charge in [0.05, 0.1) is 25.9 Å². The molecule has 0 bridgehead atoms. The number of nitrogens with zero attached hydrogens (tertiary/aromatic N) is 2. The van der Waals surface area contributed by atoms with Gasteiger partial charge in [-0.25, -0.2) is 10.1 Å². The lowest BCUT2D eigenvalue weighted by Crippen LogP contribution is -2.25. The van der Waals surface area contributed by atoms with Gasteiger partial charge in [-0.3, -0.25) is 0 Å². The molecule has 0 radical (unpaired) electrons. The van der Waals surface area contributed by atoms with E-state index in [9.17, 15) is 15.5 Å². The normalized spacial score (nSPS) is 14.0. The number of hydrogen-bond donors (Lipinski definition) is 2. The fourth-order valence-corrected chi connectivity index (χ4v) is 15.0. The van der Waals surface area contributed by atoms with Gasteiger partial charge in [-0.15, -0.1) is 0 Å². The monoisotopic (exact) mass is 1220 g/mol. The van der Waals surface area contributed by atoms with Crippen molar-refractivity contribution in [1.82, 2.24) is 0 Å². The first kappa shape index (κ1) is 65.6. The molecule has 0 spiro atoms. The van der Waals surface area contributed by atoms with E-state index >= 15 is 0 Å². The highest BCUT2D eigenvalue weighted by molar-refractivity contribution is 5.88. The molecule has 2 N–H and O–H groups in total. The maximum Gasteiger partial charge on any atom is 0.269 e. The molecule has 8 aromatic rings. The third kappa shape index (κ3) is 14.7. The van der Waals surface area contributed by atoms with E-state index in [1.165, 1.54) is 181 Å². The van der Waals surface area contributed by atoms with Crippen LogP contribution in [0.1, 0.15) is 201 Å². The van der Waals surface area contributed by atoms with E-state index < -0.39 is 0 Å². The zero-order chi connectivity index (χ0) is 64.6. The van der Waals surface area contributed by atoms with Crippen molar-refractivity contribution in [2.45, 2.75) is 180 Å². The molecule has 0 atom stereocenters.